The lowest BCUT2D eigenvalue weighted by Crippen LogP contribution is -2.51. The lowest BCUT2D eigenvalue weighted by Gasteiger charge is -2.28. The van der Waals surface area contributed by atoms with Gasteiger partial charge in [0.2, 0.25) is 11.8 Å². The molecular formula is C24H25Cl2N5O3. The maximum atomic E-state index is 13.6. The van der Waals surface area contributed by atoms with Crippen molar-refractivity contribution in [1.82, 2.24) is 20.5 Å². The SMILES string of the molecule is N#C[C@H](C[C@@H]1CCNC1=O)NC(=O)[C@@H]1[C@H]2CCC[C@H]2CN1C(=O)c1cc2c(Cl)cc(Cl)cc2[nH]1. The third-order valence-corrected chi connectivity index (χ3v) is 7.99. The number of H-pyrrole nitrogens is 1. The van der Waals surface area contributed by atoms with Gasteiger partial charge in [-0.1, -0.05) is 29.6 Å². The summed E-state index contributed by atoms with van der Waals surface area (Å²) < 4.78 is 0. The number of benzene rings is 1. The molecule has 1 saturated carbocycles. The molecule has 8 nitrogen and oxygen atoms in total. The number of nitrogens with zero attached hydrogens (tertiary/aromatic N) is 2. The molecule has 10 heteroatoms. The van der Waals surface area contributed by atoms with Gasteiger partial charge in [0.05, 0.1) is 11.1 Å². The lowest BCUT2D eigenvalue weighted by molar-refractivity contribution is -0.127. The Labute approximate surface area is 206 Å². The number of fused-ring (bicyclic) bond motifs is 2. The fourth-order valence-corrected chi connectivity index (χ4v) is 6.38. The van der Waals surface area contributed by atoms with Crippen LogP contribution in [0.15, 0.2) is 18.2 Å². The van der Waals surface area contributed by atoms with Gasteiger partial charge in [0.1, 0.15) is 17.8 Å². The second kappa shape index (κ2) is 9.12. The molecule has 5 rings (SSSR count). The average Bonchev–Trinajstić information content (AvgIpc) is 3.56. The Morgan fingerprint density at radius 1 is 1.24 bits per heavy atom. The molecule has 0 radical (unpaired) electrons. The summed E-state index contributed by atoms with van der Waals surface area (Å²) in [6.45, 7) is 1.08. The summed E-state index contributed by atoms with van der Waals surface area (Å²) in [5.74, 6) is -0.663. The van der Waals surface area contributed by atoms with Gasteiger partial charge in [0.15, 0.2) is 0 Å². The second-order valence-electron chi connectivity index (χ2n) is 9.49. The summed E-state index contributed by atoms with van der Waals surface area (Å²) >= 11 is 12.4. The Bertz CT molecular complexity index is 1210. The lowest BCUT2D eigenvalue weighted by atomic mass is 9.92. The van der Waals surface area contributed by atoms with Crippen molar-refractivity contribution in [3.63, 3.8) is 0 Å². The van der Waals surface area contributed by atoms with Gasteiger partial charge in [-0.15, -0.1) is 0 Å². The topological polar surface area (TPSA) is 118 Å². The van der Waals surface area contributed by atoms with Crippen LogP contribution in [-0.2, 0) is 9.59 Å². The molecule has 3 heterocycles. The van der Waals surface area contributed by atoms with Crippen molar-refractivity contribution in [3.05, 3.63) is 33.9 Å². The fourth-order valence-electron chi connectivity index (χ4n) is 5.84. The van der Waals surface area contributed by atoms with E-state index in [4.69, 9.17) is 23.2 Å². The molecule has 0 bridgehead atoms. The van der Waals surface area contributed by atoms with Crippen molar-refractivity contribution in [2.24, 2.45) is 17.8 Å². The third-order valence-electron chi connectivity index (χ3n) is 7.46. The van der Waals surface area contributed by atoms with Crippen molar-refractivity contribution >= 4 is 51.8 Å². The van der Waals surface area contributed by atoms with Crippen molar-refractivity contribution in [3.8, 4) is 6.07 Å². The van der Waals surface area contributed by atoms with E-state index in [0.29, 0.717) is 46.2 Å². The Morgan fingerprint density at radius 3 is 2.79 bits per heavy atom. The van der Waals surface area contributed by atoms with Crippen LogP contribution in [0.3, 0.4) is 0 Å². The van der Waals surface area contributed by atoms with E-state index in [1.807, 2.05) is 0 Å². The van der Waals surface area contributed by atoms with E-state index in [-0.39, 0.29) is 41.9 Å². The van der Waals surface area contributed by atoms with E-state index in [2.05, 4.69) is 21.7 Å². The number of carbonyl (C=O) groups excluding carboxylic acids is 3. The van der Waals surface area contributed by atoms with Gasteiger partial charge in [-0.25, -0.2) is 0 Å². The van der Waals surface area contributed by atoms with Crippen LogP contribution in [0, 0.1) is 29.1 Å². The first-order chi connectivity index (χ1) is 16.4. The van der Waals surface area contributed by atoms with E-state index < -0.39 is 12.1 Å². The van der Waals surface area contributed by atoms with Gasteiger partial charge in [-0.3, -0.25) is 14.4 Å². The van der Waals surface area contributed by atoms with E-state index in [0.717, 1.165) is 19.3 Å². The van der Waals surface area contributed by atoms with E-state index in [1.54, 1.807) is 23.1 Å². The molecule has 3 fully saturated rings. The molecule has 2 aliphatic heterocycles. The van der Waals surface area contributed by atoms with Crippen LogP contribution >= 0.6 is 23.2 Å². The molecule has 1 aromatic heterocycles. The summed E-state index contributed by atoms with van der Waals surface area (Å²) in [6, 6.07) is 5.70. The molecule has 3 amide bonds. The van der Waals surface area contributed by atoms with Crippen molar-refractivity contribution in [2.75, 3.05) is 13.1 Å². The number of aromatic amines is 1. The molecule has 2 saturated heterocycles. The number of nitriles is 1. The zero-order valence-corrected chi connectivity index (χ0v) is 20.0. The first-order valence-electron chi connectivity index (χ1n) is 11.6. The molecule has 1 aliphatic carbocycles. The number of halogens is 2. The highest BCUT2D eigenvalue weighted by Gasteiger charge is 2.50. The molecule has 2 aromatic rings. The summed E-state index contributed by atoms with van der Waals surface area (Å²) in [5.41, 5.74) is 0.997. The number of likely N-dealkylation sites (tertiary alicyclic amines) is 1. The number of hydrogen-bond acceptors (Lipinski definition) is 4. The zero-order chi connectivity index (χ0) is 24.0. The fraction of sp³-hybridized carbons (Fsp3) is 0.500. The molecule has 0 unspecified atom stereocenters. The Kier molecular flexibility index (Phi) is 6.17. The zero-order valence-electron chi connectivity index (χ0n) is 18.4. The van der Waals surface area contributed by atoms with E-state index in [1.165, 1.54) is 0 Å². The minimum absolute atomic E-state index is 0.0560. The minimum atomic E-state index is -0.784. The summed E-state index contributed by atoms with van der Waals surface area (Å²) in [6.07, 6.45) is 3.77. The quantitative estimate of drug-likeness (QED) is 0.582. The Morgan fingerprint density at radius 2 is 2.06 bits per heavy atom. The summed E-state index contributed by atoms with van der Waals surface area (Å²) in [4.78, 5) is 43.6. The third kappa shape index (κ3) is 4.12. The molecule has 5 atom stereocenters. The van der Waals surface area contributed by atoms with E-state index in [9.17, 15) is 19.6 Å². The van der Waals surface area contributed by atoms with Crippen LogP contribution in [0.2, 0.25) is 10.0 Å². The van der Waals surface area contributed by atoms with E-state index >= 15 is 0 Å². The highest BCUT2D eigenvalue weighted by molar-refractivity contribution is 6.38. The molecule has 34 heavy (non-hydrogen) atoms. The maximum absolute atomic E-state index is 13.6. The van der Waals surface area contributed by atoms with Crippen LogP contribution in [0.5, 0.6) is 0 Å². The summed E-state index contributed by atoms with van der Waals surface area (Å²) in [5, 5.41) is 16.8. The number of aromatic nitrogens is 1. The minimum Gasteiger partial charge on any atom is -0.356 e. The summed E-state index contributed by atoms with van der Waals surface area (Å²) in [7, 11) is 0. The van der Waals surface area contributed by atoms with Crippen LogP contribution in [0.25, 0.3) is 10.9 Å². The Hall–Kier alpha value is -2.76. The standard InChI is InChI=1S/C24H25Cl2N5O3/c25-14-7-18(26)17-9-20(30-19(17)8-14)24(34)31-11-13-2-1-3-16(13)21(31)23(33)29-15(10-27)6-12-4-5-28-22(12)32/h7-9,12-13,15-16,21,30H,1-6,11H2,(H,28,32)(H,29,33)/t12-,13-,15-,16-,21-/m0/s1. The monoisotopic (exact) mass is 501 g/mol. The predicted molar refractivity (Wildman–Crippen MR) is 127 cm³/mol. The maximum Gasteiger partial charge on any atom is 0.271 e. The van der Waals surface area contributed by atoms with Gasteiger partial charge in [0, 0.05) is 34.9 Å². The van der Waals surface area contributed by atoms with Crippen molar-refractivity contribution < 1.29 is 14.4 Å². The highest BCUT2D eigenvalue weighted by atomic mass is 35.5. The normalized spacial score (nSPS) is 26.9. The molecule has 3 aliphatic rings. The first kappa shape index (κ1) is 23.0. The van der Waals surface area contributed by atoms with Crippen LogP contribution in [0.1, 0.15) is 42.6 Å². The van der Waals surface area contributed by atoms with Gasteiger partial charge < -0.3 is 20.5 Å². The number of hydrogen-bond donors (Lipinski definition) is 3. The van der Waals surface area contributed by atoms with Gasteiger partial charge in [-0.05, 0) is 55.7 Å². The largest absolute Gasteiger partial charge is 0.356 e. The van der Waals surface area contributed by atoms with Crippen LogP contribution in [0.4, 0.5) is 0 Å². The van der Waals surface area contributed by atoms with Crippen molar-refractivity contribution in [2.45, 2.75) is 44.2 Å². The second-order valence-corrected chi connectivity index (χ2v) is 10.3. The Balaban J connectivity index is 1.38. The number of rotatable bonds is 5. The molecule has 178 valence electrons. The highest BCUT2D eigenvalue weighted by Crippen LogP contribution is 2.43. The predicted octanol–water partition coefficient (Wildman–Crippen LogP) is 3.25. The number of amides is 3. The first-order valence-corrected chi connectivity index (χ1v) is 12.4. The van der Waals surface area contributed by atoms with Crippen LogP contribution in [-0.4, -0.2) is 52.8 Å². The average molecular weight is 502 g/mol. The smallest absolute Gasteiger partial charge is 0.271 e. The molecular weight excluding hydrogens is 477 g/mol. The van der Waals surface area contributed by atoms with Gasteiger partial charge in [0.25, 0.3) is 5.91 Å². The number of nitrogens with one attached hydrogen (secondary N) is 3. The van der Waals surface area contributed by atoms with Crippen molar-refractivity contribution in [1.29, 1.82) is 5.26 Å². The number of carbonyl (C=O) groups is 3. The van der Waals surface area contributed by atoms with Crippen LogP contribution < -0.4 is 10.6 Å². The molecule has 1 aromatic carbocycles. The molecule has 0 spiro atoms. The molecule has 3 N–H and O–H groups in total. The van der Waals surface area contributed by atoms with Gasteiger partial charge >= 0.3 is 0 Å². The van der Waals surface area contributed by atoms with Gasteiger partial charge in [-0.2, -0.15) is 5.26 Å².